The number of aliphatic carboxylic acids is 1. The number of ether oxygens (including phenoxy) is 1. The average Bonchev–Trinajstić information content (AvgIpc) is 3.04. The van der Waals surface area contributed by atoms with Crippen LogP contribution in [0.2, 0.25) is 0 Å². The monoisotopic (exact) mass is 289 g/mol. The molecule has 5 nitrogen and oxygen atoms in total. The number of amides is 1. The van der Waals surface area contributed by atoms with Gasteiger partial charge in [0.15, 0.2) is 6.61 Å². The molecule has 2 heterocycles. The van der Waals surface area contributed by atoms with Gasteiger partial charge in [0, 0.05) is 12.1 Å². The van der Waals surface area contributed by atoms with Gasteiger partial charge in [-0.25, -0.2) is 0 Å². The lowest BCUT2D eigenvalue weighted by Crippen LogP contribution is -2.40. The first-order chi connectivity index (χ1) is 10.1. The van der Waals surface area contributed by atoms with Crippen molar-refractivity contribution in [3.05, 3.63) is 29.8 Å². The van der Waals surface area contributed by atoms with E-state index in [9.17, 15) is 14.7 Å². The van der Waals surface area contributed by atoms with Crippen LogP contribution in [-0.2, 0) is 9.59 Å². The van der Waals surface area contributed by atoms with E-state index >= 15 is 0 Å². The first-order valence-electron chi connectivity index (χ1n) is 7.29. The Hall–Kier alpha value is -2.04. The number of carbonyl (C=O) groups excluding carboxylic acids is 1. The van der Waals surface area contributed by atoms with Crippen LogP contribution in [0, 0.1) is 12.8 Å². The third-order valence-electron chi connectivity index (χ3n) is 4.53. The number of aryl methyl sites for hydroxylation is 1. The molecule has 3 unspecified atom stereocenters. The fraction of sp³-hybridized carbons (Fsp3) is 0.500. The third kappa shape index (κ3) is 2.60. The molecule has 2 aliphatic rings. The van der Waals surface area contributed by atoms with Crippen molar-refractivity contribution in [2.45, 2.75) is 38.3 Å². The van der Waals surface area contributed by atoms with Gasteiger partial charge in [-0.2, -0.15) is 0 Å². The van der Waals surface area contributed by atoms with Gasteiger partial charge in [0.1, 0.15) is 5.75 Å². The summed E-state index contributed by atoms with van der Waals surface area (Å²) >= 11 is 0. The molecule has 112 valence electrons. The molecule has 1 aromatic rings. The van der Waals surface area contributed by atoms with Crippen LogP contribution in [0.3, 0.4) is 0 Å². The Kier molecular flexibility index (Phi) is 3.57. The zero-order valence-electron chi connectivity index (χ0n) is 12.0. The molecule has 0 saturated carbocycles. The van der Waals surface area contributed by atoms with Gasteiger partial charge in [-0.1, -0.05) is 17.7 Å². The first kappa shape index (κ1) is 13.9. The highest BCUT2D eigenvalue weighted by atomic mass is 16.5. The van der Waals surface area contributed by atoms with E-state index in [1.54, 1.807) is 4.90 Å². The van der Waals surface area contributed by atoms with Crippen molar-refractivity contribution in [1.82, 2.24) is 4.90 Å². The summed E-state index contributed by atoms with van der Waals surface area (Å²) in [5.74, 6) is -0.645. The average molecular weight is 289 g/mol. The Morgan fingerprint density at radius 2 is 2.00 bits per heavy atom. The van der Waals surface area contributed by atoms with Crippen LogP contribution in [0.25, 0.3) is 0 Å². The SMILES string of the molecule is Cc1ccc(OCC(=O)N2C3CCC2C(C(=O)O)C3)cc1. The maximum absolute atomic E-state index is 12.3. The number of carbonyl (C=O) groups is 2. The standard InChI is InChI=1S/C16H19NO4/c1-10-2-5-12(6-3-10)21-9-15(18)17-11-4-7-14(17)13(8-11)16(19)20/h2-3,5-6,11,13-14H,4,7-9H2,1H3,(H,19,20). The highest BCUT2D eigenvalue weighted by molar-refractivity contribution is 5.81. The Balaban J connectivity index is 1.61. The molecule has 2 aliphatic heterocycles. The summed E-state index contributed by atoms with van der Waals surface area (Å²) in [6, 6.07) is 7.45. The summed E-state index contributed by atoms with van der Waals surface area (Å²) in [5, 5.41) is 9.20. The molecule has 0 aliphatic carbocycles. The normalized spacial score (nSPS) is 26.9. The Morgan fingerprint density at radius 1 is 1.29 bits per heavy atom. The van der Waals surface area contributed by atoms with Crippen molar-refractivity contribution >= 4 is 11.9 Å². The minimum absolute atomic E-state index is 0.0254. The molecule has 21 heavy (non-hydrogen) atoms. The minimum Gasteiger partial charge on any atom is -0.484 e. The number of carboxylic acids is 1. The van der Waals surface area contributed by atoms with Crippen molar-refractivity contribution in [2.24, 2.45) is 5.92 Å². The van der Waals surface area contributed by atoms with Crippen molar-refractivity contribution in [1.29, 1.82) is 0 Å². The number of hydrogen-bond acceptors (Lipinski definition) is 3. The molecule has 3 rings (SSSR count). The van der Waals surface area contributed by atoms with Crippen LogP contribution >= 0.6 is 0 Å². The molecule has 5 heteroatoms. The number of nitrogens with zero attached hydrogens (tertiary/aromatic N) is 1. The number of carboxylic acid groups (broad SMARTS) is 1. The van der Waals surface area contributed by atoms with Crippen LogP contribution < -0.4 is 4.74 Å². The molecule has 0 radical (unpaired) electrons. The van der Waals surface area contributed by atoms with E-state index in [-0.39, 0.29) is 24.6 Å². The van der Waals surface area contributed by atoms with Gasteiger partial charge in [-0.3, -0.25) is 9.59 Å². The van der Waals surface area contributed by atoms with Gasteiger partial charge >= 0.3 is 5.97 Å². The maximum atomic E-state index is 12.3. The van der Waals surface area contributed by atoms with E-state index in [2.05, 4.69) is 0 Å². The number of rotatable bonds is 4. The largest absolute Gasteiger partial charge is 0.484 e. The van der Waals surface area contributed by atoms with Gasteiger partial charge in [0.05, 0.1) is 5.92 Å². The summed E-state index contributed by atoms with van der Waals surface area (Å²) in [6.45, 7) is 1.96. The predicted octanol–water partition coefficient (Wildman–Crippen LogP) is 1.84. The Morgan fingerprint density at radius 3 is 2.62 bits per heavy atom. The number of hydrogen-bond donors (Lipinski definition) is 1. The molecule has 2 saturated heterocycles. The second-order valence-corrected chi connectivity index (χ2v) is 5.88. The van der Waals surface area contributed by atoms with Crippen LogP contribution in [0.1, 0.15) is 24.8 Å². The van der Waals surface area contributed by atoms with Gasteiger partial charge < -0.3 is 14.7 Å². The van der Waals surface area contributed by atoms with Crippen LogP contribution in [0.4, 0.5) is 0 Å². The topological polar surface area (TPSA) is 66.8 Å². The van der Waals surface area contributed by atoms with Crippen LogP contribution in [-0.4, -0.2) is 40.6 Å². The zero-order valence-corrected chi connectivity index (χ0v) is 12.0. The van der Waals surface area contributed by atoms with E-state index in [0.717, 1.165) is 18.4 Å². The van der Waals surface area contributed by atoms with Gasteiger partial charge in [-0.15, -0.1) is 0 Å². The quantitative estimate of drug-likeness (QED) is 0.918. The number of benzene rings is 1. The van der Waals surface area contributed by atoms with E-state index in [0.29, 0.717) is 12.2 Å². The van der Waals surface area contributed by atoms with Gasteiger partial charge in [0.25, 0.3) is 5.91 Å². The second-order valence-electron chi connectivity index (χ2n) is 5.88. The molecule has 3 atom stereocenters. The Labute approximate surface area is 123 Å². The lowest BCUT2D eigenvalue weighted by molar-refractivity contribution is -0.143. The minimum atomic E-state index is -0.792. The van der Waals surface area contributed by atoms with Crippen molar-refractivity contribution in [2.75, 3.05) is 6.61 Å². The Bertz CT molecular complexity index is 554. The van der Waals surface area contributed by atoms with E-state index in [4.69, 9.17) is 4.74 Å². The highest BCUT2D eigenvalue weighted by Crippen LogP contribution is 2.41. The maximum Gasteiger partial charge on any atom is 0.308 e. The van der Waals surface area contributed by atoms with Gasteiger partial charge in [0.2, 0.25) is 0 Å². The predicted molar refractivity (Wildman–Crippen MR) is 76.1 cm³/mol. The molecule has 0 spiro atoms. The lowest BCUT2D eigenvalue weighted by atomic mass is 9.89. The lowest BCUT2D eigenvalue weighted by Gasteiger charge is -2.23. The molecular weight excluding hydrogens is 270 g/mol. The van der Waals surface area contributed by atoms with Crippen LogP contribution in [0.5, 0.6) is 5.75 Å². The summed E-state index contributed by atoms with van der Waals surface area (Å²) in [4.78, 5) is 25.3. The number of fused-ring (bicyclic) bond motifs is 2. The summed E-state index contributed by atoms with van der Waals surface area (Å²) in [6.07, 6.45) is 2.28. The molecule has 0 aromatic heterocycles. The van der Waals surface area contributed by atoms with Crippen LogP contribution in [0.15, 0.2) is 24.3 Å². The fourth-order valence-electron chi connectivity index (χ4n) is 3.50. The second kappa shape index (κ2) is 5.39. The highest BCUT2D eigenvalue weighted by Gasteiger charge is 2.51. The molecule has 2 bridgehead atoms. The molecule has 1 amide bonds. The van der Waals surface area contributed by atoms with Gasteiger partial charge in [-0.05, 0) is 38.3 Å². The fourth-order valence-corrected chi connectivity index (χ4v) is 3.50. The summed E-state index contributed by atoms with van der Waals surface area (Å²) in [5.41, 5.74) is 1.13. The molecule has 1 aromatic carbocycles. The third-order valence-corrected chi connectivity index (χ3v) is 4.53. The molecular formula is C16H19NO4. The zero-order chi connectivity index (χ0) is 15.0. The summed E-state index contributed by atoms with van der Waals surface area (Å²) in [7, 11) is 0. The van der Waals surface area contributed by atoms with E-state index < -0.39 is 11.9 Å². The van der Waals surface area contributed by atoms with E-state index in [1.807, 2.05) is 31.2 Å². The van der Waals surface area contributed by atoms with Crippen molar-refractivity contribution in [3.8, 4) is 5.75 Å². The smallest absolute Gasteiger partial charge is 0.308 e. The van der Waals surface area contributed by atoms with Crippen molar-refractivity contribution < 1.29 is 19.4 Å². The first-order valence-corrected chi connectivity index (χ1v) is 7.29. The molecule has 1 N–H and O–H groups in total. The molecule has 2 fully saturated rings. The summed E-state index contributed by atoms with van der Waals surface area (Å²) < 4.78 is 5.52. The van der Waals surface area contributed by atoms with E-state index in [1.165, 1.54) is 0 Å². The van der Waals surface area contributed by atoms with Crippen molar-refractivity contribution in [3.63, 3.8) is 0 Å².